The number of aromatic nitrogens is 1. The first-order valence-electron chi connectivity index (χ1n) is 6.16. The number of halogens is 2. The van der Waals surface area contributed by atoms with Crippen LogP contribution in [-0.2, 0) is 11.2 Å². The van der Waals surface area contributed by atoms with Gasteiger partial charge in [-0.3, -0.25) is 9.78 Å². The van der Waals surface area contributed by atoms with Gasteiger partial charge in [-0.25, -0.2) is 0 Å². The van der Waals surface area contributed by atoms with Gasteiger partial charge in [0.15, 0.2) is 0 Å². The Balaban J connectivity index is 0.00000162. The van der Waals surface area contributed by atoms with Gasteiger partial charge in [-0.15, -0.1) is 24.8 Å². The Morgan fingerprint density at radius 1 is 1.32 bits per heavy atom. The highest BCUT2D eigenvalue weighted by Crippen LogP contribution is 2.04. The van der Waals surface area contributed by atoms with Crippen molar-refractivity contribution in [2.24, 2.45) is 0 Å². The third-order valence-electron chi connectivity index (χ3n) is 3.02. The lowest BCUT2D eigenvalue weighted by Gasteiger charge is -2.19. The Hall–Kier alpha value is -0.840. The van der Waals surface area contributed by atoms with Crippen LogP contribution in [0.1, 0.15) is 17.7 Å². The van der Waals surface area contributed by atoms with Gasteiger partial charge >= 0.3 is 0 Å². The second-order valence-corrected chi connectivity index (χ2v) is 4.47. The van der Waals surface area contributed by atoms with Crippen molar-refractivity contribution in [1.82, 2.24) is 15.2 Å². The number of hydrogen-bond donors (Lipinski definition) is 1. The van der Waals surface area contributed by atoms with Gasteiger partial charge in [0.25, 0.3) is 0 Å². The van der Waals surface area contributed by atoms with E-state index in [0.717, 1.165) is 43.9 Å². The van der Waals surface area contributed by atoms with Gasteiger partial charge in [0.2, 0.25) is 5.91 Å². The second-order valence-electron chi connectivity index (χ2n) is 4.47. The van der Waals surface area contributed by atoms with Gasteiger partial charge in [0, 0.05) is 31.5 Å². The molecular weight excluding hydrogens is 285 g/mol. The maximum Gasteiger partial charge on any atom is 0.227 e. The SMILES string of the molecule is Cc1ccc(CC(=O)N2CCCNCC2)cn1.Cl.Cl. The third kappa shape index (κ3) is 5.76. The summed E-state index contributed by atoms with van der Waals surface area (Å²) in [4.78, 5) is 18.2. The van der Waals surface area contributed by atoms with Gasteiger partial charge in [0.1, 0.15) is 0 Å². The fraction of sp³-hybridized carbons (Fsp3) is 0.538. The van der Waals surface area contributed by atoms with Crippen LogP contribution in [0.3, 0.4) is 0 Å². The van der Waals surface area contributed by atoms with Crippen molar-refractivity contribution < 1.29 is 4.79 Å². The Morgan fingerprint density at radius 2 is 2.11 bits per heavy atom. The number of nitrogens with one attached hydrogen (secondary N) is 1. The number of rotatable bonds is 2. The molecule has 0 radical (unpaired) electrons. The number of nitrogens with zero attached hydrogens (tertiary/aromatic N) is 2. The van der Waals surface area contributed by atoms with Crippen molar-refractivity contribution in [2.75, 3.05) is 26.2 Å². The van der Waals surface area contributed by atoms with Crippen LogP contribution in [0.4, 0.5) is 0 Å². The first-order valence-corrected chi connectivity index (χ1v) is 6.16. The molecule has 1 saturated heterocycles. The van der Waals surface area contributed by atoms with Crippen LogP contribution in [-0.4, -0.2) is 42.0 Å². The van der Waals surface area contributed by atoms with Crippen molar-refractivity contribution in [3.8, 4) is 0 Å². The van der Waals surface area contributed by atoms with Crippen molar-refractivity contribution in [2.45, 2.75) is 19.8 Å². The fourth-order valence-electron chi connectivity index (χ4n) is 1.98. The van der Waals surface area contributed by atoms with Crippen LogP contribution in [0, 0.1) is 6.92 Å². The monoisotopic (exact) mass is 305 g/mol. The average Bonchev–Trinajstić information content (AvgIpc) is 2.61. The topological polar surface area (TPSA) is 45.2 Å². The zero-order valence-electron chi connectivity index (χ0n) is 11.1. The molecule has 1 amide bonds. The summed E-state index contributed by atoms with van der Waals surface area (Å²) in [6.07, 6.45) is 3.30. The van der Waals surface area contributed by atoms with E-state index in [0.29, 0.717) is 6.42 Å². The van der Waals surface area contributed by atoms with E-state index in [4.69, 9.17) is 0 Å². The van der Waals surface area contributed by atoms with E-state index in [1.54, 1.807) is 6.20 Å². The smallest absolute Gasteiger partial charge is 0.227 e. The predicted molar refractivity (Wildman–Crippen MR) is 81.2 cm³/mol. The van der Waals surface area contributed by atoms with Crippen molar-refractivity contribution >= 4 is 30.7 Å². The van der Waals surface area contributed by atoms with Gasteiger partial charge in [-0.1, -0.05) is 6.07 Å². The van der Waals surface area contributed by atoms with Gasteiger partial charge < -0.3 is 10.2 Å². The summed E-state index contributed by atoms with van der Waals surface area (Å²) in [6.45, 7) is 5.54. The average molecular weight is 306 g/mol. The molecular formula is C13H21Cl2N3O. The van der Waals surface area contributed by atoms with Crippen LogP contribution in [0.15, 0.2) is 18.3 Å². The molecule has 0 unspecified atom stereocenters. The summed E-state index contributed by atoms with van der Waals surface area (Å²) >= 11 is 0. The van der Waals surface area contributed by atoms with E-state index in [2.05, 4.69) is 10.3 Å². The van der Waals surface area contributed by atoms with Crippen LogP contribution in [0.25, 0.3) is 0 Å². The Kier molecular flexibility index (Phi) is 8.72. The summed E-state index contributed by atoms with van der Waals surface area (Å²) in [5.74, 6) is 0.208. The van der Waals surface area contributed by atoms with Crippen molar-refractivity contribution in [3.63, 3.8) is 0 Å². The fourth-order valence-corrected chi connectivity index (χ4v) is 1.98. The molecule has 1 aromatic rings. The Labute approximate surface area is 126 Å². The molecule has 1 fully saturated rings. The van der Waals surface area contributed by atoms with E-state index in [1.807, 2.05) is 24.0 Å². The number of carbonyl (C=O) groups is 1. The van der Waals surface area contributed by atoms with Crippen LogP contribution < -0.4 is 5.32 Å². The number of amides is 1. The summed E-state index contributed by atoms with van der Waals surface area (Å²) < 4.78 is 0. The van der Waals surface area contributed by atoms with Crippen LogP contribution in [0.2, 0.25) is 0 Å². The van der Waals surface area contributed by atoms with E-state index in [9.17, 15) is 4.79 Å². The van der Waals surface area contributed by atoms with E-state index in [1.165, 1.54) is 0 Å². The highest BCUT2D eigenvalue weighted by molar-refractivity contribution is 5.85. The molecule has 108 valence electrons. The van der Waals surface area contributed by atoms with Gasteiger partial charge in [0.05, 0.1) is 6.42 Å². The molecule has 1 N–H and O–H groups in total. The van der Waals surface area contributed by atoms with E-state index >= 15 is 0 Å². The van der Waals surface area contributed by atoms with Crippen LogP contribution in [0.5, 0.6) is 0 Å². The van der Waals surface area contributed by atoms with E-state index in [-0.39, 0.29) is 30.7 Å². The lowest BCUT2D eigenvalue weighted by atomic mass is 10.2. The quantitative estimate of drug-likeness (QED) is 0.903. The molecule has 4 nitrogen and oxygen atoms in total. The molecule has 1 aliphatic heterocycles. The molecule has 1 aromatic heterocycles. The van der Waals surface area contributed by atoms with Crippen LogP contribution >= 0.6 is 24.8 Å². The van der Waals surface area contributed by atoms with Crippen molar-refractivity contribution in [3.05, 3.63) is 29.6 Å². The minimum absolute atomic E-state index is 0. The summed E-state index contributed by atoms with van der Waals surface area (Å²) in [7, 11) is 0. The molecule has 0 aliphatic carbocycles. The summed E-state index contributed by atoms with van der Waals surface area (Å²) in [6, 6.07) is 3.93. The molecule has 0 bridgehead atoms. The number of pyridine rings is 1. The highest BCUT2D eigenvalue weighted by Gasteiger charge is 2.15. The molecule has 2 rings (SSSR count). The van der Waals surface area contributed by atoms with Gasteiger partial charge in [-0.05, 0) is 31.5 Å². The third-order valence-corrected chi connectivity index (χ3v) is 3.02. The lowest BCUT2D eigenvalue weighted by Crippen LogP contribution is -2.35. The standard InChI is InChI=1S/C13H19N3O.2ClH/c1-11-3-4-12(10-15-11)9-13(17)16-7-2-5-14-6-8-16;;/h3-4,10,14H,2,5-9H2,1H3;2*1H. The Morgan fingerprint density at radius 3 is 2.79 bits per heavy atom. The van der Waals surface area contributed by atoms with Gasteiger partial charge in [-0.2, -0.15) is 0 Å². The minimum atomic E-state index is 0. The Bertz CT molecular complexity index is 376. The summed E-state index contributed by atoms with van der Waals surface area (Å²) in [5, 5.41) is 3.30. The van der Waals surface area contributed by atoms with E-state index < -0.39 is 0 Å². The normalized spacial score (nSPS) is 14.9. The molecule has 6 heteroatoms. The molecule has 0 aromatic carbocycles. The zero-order valence-corrected chi connectivity index (χ0v) is 12.7. The first-order chi connectivity index (χ1) is 8.25. The minimum Gasteiger partial charge on any atom is -0.341 e. The highest BCUT2D eigenvalue weighted by atomic mass is 35.5. The molecule has 19 heavy (non-hydrogen) atoms. The number of aryl methyl sites for hydroxylation is 1. The first kappa shape index (κ1) is 18.2. The summed E-state index contributed by atoms with van der Waals surface area (Å²) in [5.41, 5.74) is 1.98. The zero-order chi connectivity index (χ0) is 12.1. The predicted octanol–water partition coefficient (Wildman–Crippen LogP) is 1.60. The van der Waals surface area contributed by atoms with Crippen molar-refractivity contribution in [1.29, 1.82) is 0 Å². The largest absolute Gasteiger partial charge is 0.341 e. The maximum atomic E-state index is 12.1. The molecule has 1 aliphatic rings. The number of hydrogen-bond acceptors (Lipinski definition) is 3. The molecule has 0 atom stereocenters. The second kappa shape index (κ2) is 9.13. The molecule has 0 spiro atoms. The molecule has 0 saturated carbocycles. The lowest BCUT2D eigenvalue weighted by molar-refractivity contribution is -0.130. The number of carbonyl (C=O) groups excluding carboxylic acids is 1. The molecule has 2 heterocycles. The maximum absolute atomic E-state index is 12.1.